The van der Waals surface area contributed by atoms with Gasteiger partial charge in [-0.15, -0.1) is 0 Å². The Morgan fingerprint density at radius 3 is 2.65 bits per heavy atom. The Morgan fingerprint density at radius 1 is 1.41 bits per heavy atom. The minimum Gasteiger partial charge on any atom is -0.351 e. The number of amides is 1. The van der Waals surface area contributed by atoms with Crippen molar-refractivity contribution in [2.75, 3.05) is 19.6 Å². The first-order valence-electron chi connectivity index (χ1n) is 5.93. The maximum absolute atomic E-state index is 11.6. The summed E-state index contributed by atoms with van der Waals surface area (Å²) in [6.07, 6.45) is 0. The maximum Gasteiger partial charge on any atom is 0.234 e. The third kappa shape index (κ3) is 3.54. The molecule has 0 saturated carbocycles. The van der Waals surface area contributed by atoms with E-state index in [-0.39, 0.29) is 11.9 Å². The van der Waals surface area contributed by atoms with Crippen LogP contribution < -0.4 is 11.1 Å². The van der Waals surface area contributed by atoms with E-state index in [1.807, 2.05) is 12.1 Å². The Balaban J connectivity index is 1.70. The van der Waals surface area contributed by atoms with Crippen molar-refractivity contribution in [3.8, 4) is 0 Å². The van der Waals surface area contributed by atoms with Gasteiger partial charge >= 0.3 is 0 Å². The fourth-order valence-corrected chi connectivity index (χ4v) is 1.90. The molecule has 1 aromatic rings. The molecule has 0 bridgehead atoms. The van der Waals surface area contributed by atoms with Crippen molar-refractivity contribution < 1.29 is 4.79 Å². The highest BCUT2D eigenvalue weighted by Gasteiger charge is 2.24. The Bertz CT molecular complexity index is 382. The molecule has 1 aliphatic heterocycles. The number of carbonyl (C=O) groups is 1. The number of likely N-dealkylation sites (tertiary alicyclic amines) is 1. The lowest BCUT2D eigenvalue weighted by Crippen LogP contribution is -2.57. The quantitative estimate of drug-likeness (QED) is 0.784. The van der Waals surface area contributed by atoms with Gasteiger partial charge < -0.3 is 11.1 Å². The van der Waals surface area contributed by atoms with Gasteiger partial charge in [-0.3, -0.25) is 9.69 Å². The molecule has 1 amide bonds. The molecule has 0 atom stereocenters. The van der Waals surface area contributed by atoms with Crippen molar-refractivity contribution in [2.45, 2.75) is 19.5 Å². The molecule has 0 spiro atoms. The third-order valence-electron chi connectivity index (χ3n) is 2.96. The maximum atomic E-state index is 11.6. The fraction of sp³-hybridized carbons (Fsp3) is 0.462. The number of aryl methyl sites for hydroxylation is 1. The van der Waals surface area contributed by atoms with E-state index in [9.17, 15) is 4.79 Å². The monoisotopic (exact) mass is 233 g/mol. The van der Waals surface area contributed by atoms with Crippen LogP contribution in [0.15, 0.2) is 24.3 Å². The first-order valence-corrected chi connectivity index (χ1v) is 5.93. The van der Waals surface area contributed by atoms with Crippen LogP contribution in [0.3, 0.4) is 0 Å². The van der Waals surface area contributed by atoms with Crippen molar-refractivity contribution in [2.24, 2.45) is 5.73 Å². The minimum absolute atomic E-state index is 0.0671. The highest BCUT2D eigenvalue weighted by atomic mass is 16.2. The first kappa shape index (κ1) is 12.1. The topological polar surface area (TPSA) is 58.4 Å². The summed E-state index contributed by atoms with van der Waals surface area (Å²) in [5.74, 6) is 0.0671. The van der Waals surface area contributed by atoms with E-state index in [2.05, 4.69) is 29.3 Å². The molecule has 1 aliphatic rings. The molecule has 2 rings (SSSR count). The second kappa shape index (κ2) is 5.29. The average Bonchev–Trinajstić information content (AvgIpc) is 2.26. The van der Waals surface area contributed by atoms with E-state index in [0.29, 0.717) is 13.1 Å². The van der Waals surface area contributed by atoms with Gasteiger partial charge in [0.05, 0.1) is 6.54 Å². The van der Waals surface area contributed by atoms with Gasteiger partial charge in [0, 0.05) is 25.7 Å². The molecule has 4 heteroatoms. The Labute approximate surface area is 102 Å². The van der Waals surface area contributed by atoms with Crippen LogP contribution in [0.25, 0.3) is 0 Å². The molecular formula is C13H19N3O. The number of nitrogens with zero attached hydrogens (tertiary/aromatic N) is 1. The molecule has 92 valence electrons. The summed E-state index contributed by atoms with van der Waals surface area (Å²) in [5, 5.41) is 2.91. The van der Waals surface area contributed by atoms with Gasteiger partial charge in [-0.1, -0.05) is 29.8 Å². The predicted molar refractivity (Wildman–Crippen MR) is 67.4 cm³/mol. The molecular weight excluding hydrogens is 214 g/mol. The van der Waals surface area contributed by atoms with Crippen LogP contribution in [0.1, 0.15) is 11.1 Å². The number of nitrogens with two attached hydrogens (primary N) is 1. The molecule has 4 nitrogen and oxygen atoms in total. The van der Waals surface area contributed by atoms with Crippen LogP contribution in [0.5, 0.6) is 0 Å². The number of nitrogens with one attached hydrogen (secondary N) is 1. The van der Waals surface area contributed by atoms with Crippen molar-refractivity contribution in [1.29, 1.82) is 0 Å². The molecule has 1 fully saturated rings. The summed E-state index contributed by atoms with van der Waals surface area (Å²) in [6, 6.07) is 8.43. The standard InChI is InChI=1S/C13H19N3O/c1-10-2-4-11(5-3-10)6-15-13(17)9-16-7-12(14)8-16/h2-5,12H,6-9,14H2,1H3,(H,15,17). The minimum atomic E-state index is 0.0671. The van der Waals surface area contributed by atoms with Gasteiger partial charge in [0.1, 0.15) is 0 Å². The molecule has 0 aliphatic carbocycles. The zero-order valence-corrected chi connectivity index (χ0v) is 10.1. The predicted octanol–water partition coefficient (Wildman–Crippen LogP) is 0.254. The summed E-state index contributed by atoms with van der Waals surface area (Å²) < 4.78 is 0. The van der Waals surface area contributed by atoms with Crippen LogP contribution >= 0.6 is 0 Å². The van der Waals surface area contributed by atoms with E-state index < -0.39 is 0 Å². The lowest BCUT2D eigenvalue weighted by molar-refractivity contribution is -0.123. The molecule has 1 heterocycles. The molecule has 0 aromatic heterocycles. The van der Waals surface area contributed by atoms with Crippen molar-refractivity contribution in [3.05, 3.63) is 35.4 Å². The van der Waals surface area contributed by atoms with E-state index in [1.54, 1.807) is 0 Å². The van der Waals surface area contributed by atoms with Crippen molar-refractivity contribution in [1.82, 2.24) is 10.2 Å². The molecule has 17 heavy (non-hydrogen) atoms. The number of carbonyl (C=O) groups excluding carboxylic acids is 1. The second-order valence-electron chi connectivity index (χ2n) is 4.72. The van der Waals surface area contributed by atoms with Gasteiger partial charge in [0.15, 0.2) is 0 Å². The zero-order chi connectivity index (χ0) is 12.3. The SMILES string of the molecule is Cc1ccc(CNC(=O)CN2CC(N)C2)cc1. The summed E-state index contributed by atoms with van der Waals surface area (Å²) in [7, 11) is 0. The van der Waals surface area contributed by atoms with Gasteiger partial charge in [0.2, 0.25) is 5.91 Å². The average molecular weight is 233 g/mol. The lowest BCUT2D eigenvalue weighted by atomic mass is 10.1. The van der Waals surface area contributed by atoms with Gasteiger partial charge in [-0.2, -0.15) is 0 Å². The van der Waals surface area contributed by atoms with E-state index in [4.69, 9.17) is 5.73 Å². The van der Waals surface area contributed by atoms with Crippen molar-refractivity contribution >= 4 is 5.91 Å². The van der Waals surface area contributed by atoms with Crippen LogP contribution in [0.4, 0.5) is 0 Å². The second-order valence-corrected chi connectivity index (χ2v) is 4.72. The molecule has 0 radical (unpaired) electrons. The number of hydrogen-bond donors (Lipinski definition) is 2. The molecule has 1 saturated heterocycles. The summed E-state index contributed by atoms with van der Waals surface area (Å²) in [6.45, 7) is 4.77. The van der Waals surface area contributed by atoms with E-state index >= 15 is 0 Å². The Hall–Kier alpha value is -1.39. The number of rotatable bonds is 4. The van der Waals surface area contributed by atoms with Crippen molar-refractivity contribution in [3.63, 3.8) is 0 Å². The van der Waals surface area contributed by atoms with Crippen LogP contribution in [0.2, 0.25) is 0 Å². The number of hydrogen-bond acceptors (Lipinski definition) is 3. The number of benzene rings is 1. The fourth-order valence-electron chi connectivity index (χ4n) is 1.90. The molecule has 0 unspecified atom stereocenters. The van der Waals surface area contributed by atoms with Gasteiger partial charge in [-0.25, -0.2) is 0 Å². The van der Waals surface area contributed by atoms with Crippen LogP contribution in [-0.4, -0.2) is 36.5 Å². The van der Waals surface area contributed by atoms with Crippen LogP contribution in [0, 0.1) is 6.92 Å². The normalized spacial score (nSPS) is 16.6. The van der Waals surface area contributed by atoms with Gasteiger partial charge in [0.25, 0.3) is 0 Å². The molecule has 1 aromatic carbocycles. The Kier molecular flexibility index (Phi) is 3.76. The smallest absolute Gasteiger partial charge is 0.234 e. The Morgan fingerprint density at radius 2 is 2.06 bits per heavy atom. The first-order chi connectivity index (χ1) is 8.13. The van der Waals surface area contributed by atoms with Gasteiger partial charge in [-0.05, 0) is 12.5 Å². The summed E-state index contributed by atoms with van der Waals surface area (Å²) in [5.41, 5.74) is 8.01. The van der Waals surface area contributed by atoms with E-state index in [0.717, 1.165) is 18.7 Å². The molecule has 3 N–H and O–H groups in total. The zero-order valence-electron chi connectivity index (χ0n) is 10.1. The third-order valence-corrected chi connectivity index (χ3v) is 2.96. The van der Waals surface area contributed by atoms with Crippen LogP contribution in [-0.2, 0) is 11.3 Å². The lowest BCUT2D eigenvalue weighted by Gasteiger charge is -2.36. The largest absolute Gasteiger partial charge is 0.351 e. The highest BCUT2D eigenvalue weighted by Crippen LogP contribution is 2.04. The summed E-state index contributed by atoms with van der Waals surface area (Å²) in [4.78, 5) is 13.7. The van der Waals surface area contributed by atoms with E-state index in [1.165, 1.54) is 5.56 Å². The summed E-state index contributed by atoms with van der Waals surface area (Å²) >= 11 is 0. The highest BCUT2D eigenvalue weighted by molar-refractivity contribution is 5.78.